The van der Waals surface area contributed by atoms with Gasteiger partial charge in [-0.1, -0.05) is 72.3 Å². The molecular weight excluding hydrogens is 462 g/mol. The van der Waals surface area contributed by atoms with Crippen LogP contribution < -0.4 is 0 Å². The SMILES string of the molecule is CS(=O)(=O)c1cccc(-c2ccccc2)c1C(=O)N1C(C(=O)O)CCC1c1ccccc1Cl. The number of sulfone groups is 1. The van der Waals surface area contributed by atoms with Crippen LogP contribution in [-0.2, 0) is 14.6 Å². The summed E-state index contributed by atoms with van der Waals surface area (Å²) in [6, 6.07) is 18.9. The minimum Gasteiger partial charge on any atom is -0.480 e. The zero-order chi connectivity index (χ0) is 23.8. The zero-order valence-electron chi connectivity index (χ0n) is 17.8. The average molecular weight is 484 g/mol. The van der Waals surface area contributed by atoms with Crippen LogP contribution in [0.1, 0.15) is 34.8 Å². The van der Waals surface area contributed by atoms with Crippen molar-refractivity contribution in [3.05, 3.63) is 88.9 Å². The summed E-state index contributed by atoms with van der Waals surface area (Å²) in [6.45, 7) is 0. The molecule has 1 amide bonds. The number of hydrogen-bond donors (Lipinski definition) is 1. The van der Waals surface area contributed by atoms with Crippen molar-refractivity contribution in [1.82, 2.24) is 4.90 Å². The Hall–Kier alpha value is -3.16. The first kappa shape index (κ1) is 23.0. The molecule has 0 saturated carbocycles. The number of aliphatic carboxylic acids is 1. The minimum atomic E-state index is -3.79. The van der Waals surface area contributed by atoms with Crippen LogP contribution in [-0.4, -0.2) is 42.6 Å². The standard InChI is InChI=1S/C25H22ClNO5S/c1-33(31,32)22-13-7-11-17(16-8-3-2-4-9-16)23(22)24(28)27-20(14-15-21(27)25(29)30)18-10-5-6-12-19(18)26/h2-13,20-21H,14-15H2,1H3,(H,29,30). The molecule has 0 aliphatic carbocycles. The van der Waals surface area contributed by atoms with E-state index in [0.717, 1.165) is 6.26 Å². The lowest BCUT2D eigenvalue weighted by molar-refractivity contribution is -0.141. The van der Waals surface area contributed by atoms with Crippen LogP contribution in [0.25, 0.3) is 11.1 Å². The van der Waals surface area contributed by atoms with Gasteiger partial charge in [-0.05, 0) is 41.7 Å². The Morgan fingerprint density at radius 3 is 2.24 bits per heavy atom. The third-order valence-corrected chi connectivity index (χ3v) is 7.38. The summed E-state index contributed by atoms with van der Waals surface area (Å²) < 4.78 is 25.3. The van der Waals surface area contributed by atoms with Crippen molar-refractivity contribution in [2.24, 2.45) is 0 Å². The largest absolute Gasteiger partial charge is 0.480 e. The van der Waals surface area contributed by atoms with E-state index in [2.05, 4.69) is 0 Å². The van der Waals surface area contributed by atoms with Crippen LogP contribution in [0.3, 0.4) is 0 Å². The lowest BCUT2D eigenvalue weighted by atomic mass is 9.97. The van der Waals surface area contributed by atoms with E-state index in [4.69, 9.17) is 11.6 Å². The monoisotopic (exact) mass is 483 g/mol. The number of carbonyl (C=O) groups excluding carboxylic acids is 1. The van der Waals surface area contributed by atoms with Crippen LogP contribution in [0.15, 0.2) is 77.7 Å². The third kappa shape index (κ3) is 4.38. The highest BCUT2D eigenvalue weighted by atomic mass is 35.5. The molecule has 3 aromatic rings. The van der Waals surface area contributed by atoms with Crippen LogP contribution in [0.4, 0.5) is 0 Å². The summed E-state index contributed by atoms with van der Waals surface area (Å²) >= 11 is 6.40. The second kappa shape index (κ2) is 9.00. The highest BCUT2D eigenvalue weighted by Gasteiger charge is 2.44. The number of likely N-dealkylation sites (tertiary alicyclic amines) is 1. The van der Waals surface area contributed by atoms with E-state index in [0.29, 0.717) is 28.1 Å². The fraction of sp³-hybridized carbons (Fsp3) is 0.200. The van der Waals surface area contributed by atoms with E-state index in [9.17, 15) is 23.1 Å². The quantitative estimate of drug-likeness (QED) is 0.560. The molecule has 33 heavy (non-hydrogen) atoms. The Morgan fingerprint density at radius 1 is 0.939 bits per heavy atom. The first-order chi connectivity index (χ1) is 15.7. The summed E-state index contributed by atoms with van der Waals surface area (Å²) in [4.78, 5) is 27.3. The predicted octanol–water partition coefficient (Wildman–Crippen LogP) is 4.84. The lowest BCUT2D eigenvalue weighted by Crippen LogP contribution is -2.42. The smallest absolute Gasteiger partial charge is 0.326 e. The van der Waals surface area contributed by atoms with Crippen molar-refractivity contribution in [2.45, 2.75) is 29.8 Å². The lowest BCUT2D eigenvalue weighted by Gasteiger charge is -2.30. The molecule has 2 unspecified atom stereocenters. The van der Waals surface area contributed by atoms with E-state index in [1.165, 1.54) is 11.0 Å². The summed E-state index contributed by atoms with van der Waals surface area (Å²) in [5.41, 5.74) is 1.69. The Morgan fingerprint density at radius 2 is 1.61 bits per heavy atom. The van der Waals surface area contributed by atoms with Gasteiger partial charge in [0, 0.05) is 11.3 Å². The summed E-state index contributed by atoms with van der Waals surface area (Å²) in [5, 5.41) is 10.3. The molecule has 170 valence electrons. The molecule has 2 atom stereocenters. The molecule has 8 heteroatoms. The summed E-state index contributed by atoms with van der Waals surface area (Å²) in [6.07, 6.45) is 1.67. The third-order valence-electron chi connectivity index (χ3n) is 5.89. The fourth-order valence-electron chi connectivity index (χ4n) is 4.44. The summed E-state index contributed by atoms with van der Waals surface area (Å²) in [7, 11) is -3.79. The second-order valence-corrected chi connectivity index (χ2v) is 10.4. The van der Waals surface area contributed by atoms with E-state index >= 15 is 0 Å². The van der Waals surface area contributed by atoms with E-state index in [1.54, 1.807) is 60.7 Å². The van der Waals surface area contributed by atoms with E-state index < -0.39 is 33.8 Å². The number of halogens is 1. The molecular formula is C25H22ClNO5S. The van der Waals surface area contributed by atoms with Gasteiger partial charge >= 0.3 is 5.97 Å². The summed E-state index contributed by atoms with van der Waals surface area (Å²) in [5.74, 6) is -1.79. The maximum Gasteiger partial charge on any atom is 0.326 e. The van der Waals surface area contributed by atoms with Gasteiger partial charge in [-0.15, -0.1) is 0 Å². The number of benzene rings is 3. The maximum absolute atomic E-state index is 14.1. The first-order valence-corrected chi connectivity index (χ1v) is 12.7. The molecule has 1 fully saturated rings. The van der Waals surface area contributed by atoms with Crippen LogP contribution in [0.5, 0.6) is 0 Å². The Kier molecular flexibility index (Phi) is 6.28. The van der Waals surface area contributed by atoms with Gasteiger partial charge in [0.1, 0.15) is 6.04 Å². The molecule has 0 radical (unpaired) electrons. The van der Waals surface area contributed by atoms with Gasteiger partial charge in [0.2, 0.25) is 0 Å². The number of carboxylic acids is 1. The predicted molar refractivity (Wildman–Crippen MR) is 126 cm³/mol. The normalized spacial score (nSPS) is 18.3. The number of nitrogens with zero attached hydrogens (tertiary/aromatic N) is 1. The zero-order valence-corrected chi connectivity index (χ0v) is 19.4. The molecule has 6 nitrogen and oxygen atoms in total. The minimum absolute atomic E-state index is 0.0311. The van der Waals surface area contributed by atoms with Gasteiger partial charge in [-0.2, -0.15) is 0 Å². The van der Waals surface area contributed by atoms with Crippen molar-refractivity contribution >= 4 is 33.3 Å². The highest BCUT2D eigenvalue weighted by molar-refractivity contribution is 7.90. The molecule has 1 heterocycles. The highest BCUT2D eigenvalue weighted by Crippen LogP contribution is 2.42. The topological polar surface area (TPSA) is 91.8 Å². The number of carbonyl (C=O) groups is 2. The first-order valence-electron chi connectivity index (χ1n) is 10.4. The number of amides is 1. The molecule has 1 N–H and O–H groups in total. The molecule has 0 spiro atoms. The van der Waals surface area contributed by atoms with Gasteiger partial charge < -0.3 is 10.0 Å². The molecule has 1 aliphatic rings. The van der Waals surface area contributed by atoms with Gasteiger partial charge in [-0.3, -0.25) is 4.79 Å². The van der Waals surface area contributed by atoms with E-state index in [1.807, 2.05) is 6.07 Å². The number of rotatable bonds is 5. The van der Waals surface area contributed by atoms with Crippen LogP contribution in [0.2, 0.25) is 5.02 Å². The average Bonchev–Trinajstić information content (AvgIpc) is 3.23. The van der Waals surface area contributed by atoms with Crippen molar-refractivity contribution in [1.29, 1.82) is 0 Å². The van der Waals surface area contributed by atoms with Crippen molar-refractivity contribution in [3.63, 3.8) is 0 Å². The van der Waals surface area contributed by atoms with Crippen LogP contribution in [0, 0.1) is 0 Å². The van der Waals surface area contributed by atoms with Crippen LogP contribution >= 0.6 is 11.6 Å². The molecule has 0 bridgehead atoms. The molecule has 1 aliphatic heterocycles. The van der Waals surface area contributed by atoms with Crippen molar-refractivity contribution in [3.8, 4) is 11.1 Å². The van der Waals surface area contributed by atoms with Crippen molar-refractivity contribution < 1.29 is 23.1 Å². The number of carboxylic acid groups (broad SMARTS) is 1. The van der Waals surface area contributed by atoms with Gasteiger partial charge in [0.05, 0.1) is 16.5 Å². The Bertz CT molecular complexity index is 1320. The second-order valence-electron chi connectivity index (χ2n) is 8.00. The van der Waals surface area contributed by atoms with Gasteiger partial charge in [-0.25, -0.2) is 13.2 Å². The fourth-order valence-corrected chi connectivity index (χ4v) is 5.59. The molecule has 4 rings (SSSR count). The van der Waals surface area contributed by atoms with E-state index in [-0.39, 0.29) is 16.9 Å². The van der Waals surface area contributed by atoms with Gasteiger partial charge in [0.15, 0.2) is 9.84 Å². The van der Waals surface area contributed by atoms with Crippen molar-refractivity contribution in [2.75, 3.05) is 6.26 Å². The van der Waals surface area contributed by atoms with Gasteiger partial charge in [0.25, 0.3) is 5.91 Å². The maximum atomic E-state index is 14.1. The molecule has 0 aromatic heterocycles. The Balaban J connectivity index is 1.94. The number of hydrogen-bond acceptors (Lipinski definition) is 4. The Labute approximate surface area is 197 Å². The molecule has 1 saturated heterocycles. The molecule has 3 aromatic carbocycles.